The topological polar surface area (TPSA) is 26.0 Å². The van der Waals surface area contributed by atoms with Crippen LogP contribution in [0.5, 0.6) is 0 Å². The molecule has 0 saturated heterocycles. The second kappa shape index (κ2) is 4.98. The Balaban J connectivity index is 2.08. The van der Waals surface area contributed by atoms with Gasteiger partial charge in [0, 0.05) is 10.9 Å². The first-order valence-corrected chi connectivity index (χ1v) is 7.31. The summed E-state index contributed by atoms with van der Waals surface area (Å²) >= 11 is 5.38. The van der Waals surface area contributed by atoms with E-state index in [0.717, 1.165) is 0 Å². The second-order valence-corrected chi connectivity index (χ2v) is 6.93. The summed E-state index contributed by atoms with van der Waals surface area (Å²) in [6, 6.07) is 2.51. The highest BCUT2D eigenvalue weighted by atomic mass is 79.9. The third kappa shape index (κ3) is 2.63. The summed E-state index contributed by atoms with van der Waals surface area (Å²) < 4.78 is 1.24. The van der Waals surface area contributed by atoms with E-state index in [9.17, 15) is 0 Å². The SMILES string of the molecule is Cc1cc(C(N)C2CCCCC2)sc1Br. The molecule has 2 rings (SSSR count). The summed E-state index contributed by atoms with van der Waals surface area (Å²) in [5.74, 6) is 0.712. The van der Waals surface area contributed by atoms with Crippen molar-refractivity contribution in [3.63, 3.8) is 0 Å². The zero-order chi connectivity index (χ0) is 10.8. The van der Waals surface area contributed by atoms with Crippen LogP contribution in [0, 0.1) is 12.8 Å². The van der Waals surface area contributed by atoms with Crippen molar-refractivity contribution in [2.24, 2.45) is 11.7 Å². The second-order valence-electron chi connectivity index (χ2n) is 4.53. The Hall–Kier alpha value is 0.140. The number of rotatable bonds is 2. The molecule has 1 aliphatic rings. The van der Waals surface area contributed by atoms with E-state index in [4.69, 9.17) is 5.73 Å². The maximum absolute atomic E-state index is 6.34. The van der Waals surface area contributed by atoms with E-state index in [1.807, 2.05) is 11.3 Å². The molecule has 1 atom stereocenters. The smallest absolute Gasteiger partial charge is 0.0731 e. The fourth-order valence-electron chi connectivity index (χ4n) is 2.37. The van der Waals surface area contributed by atoms with Gasteiger partial charge in [0.05, 0.1) is 3.79 Å². The van der Waals surface area contributed by atoms with Gasteiger partial charge >= 0.3 is 0 Å². The Morgan fingerprint density at radius 3 is 2.60 bits per heavy atom. The lowest BCUT2D eigenvalue weighted by Crippen LogP contribution is -2.22. The van der Waals surface area contributed by atoms with Gasteiger partial charge in [-0.3, -0.25) is 0 Å². The summed E-state index contributed by atoms with van der Waals surface area (Å²) in [5, 5.41) is 0. The fraction of sp³-hybridized carbons (Fsp3) is 0.667. The van der Waals surface area contributed by atoms with Gasteiger partial charge in [-0.1, -0.05) is 19.3 Å². The third-order valence-electron chi connectivity index (χ3n) is 3.36. The lowest BCUT2D eigenvalue weighted by molar-refractivity contribution is 0.310. The lowest BCUT2D eigenvalue weighted by atomic mass is 9.84. The van der Waals surface area contributed by atoms with Gasteiger partial charge in [0.2, 0.25) is 0 Å². The van der Waals surface area contributed by atoms with Crippen molar-refractivity contribution < 1.29 is 0 Å². The van der Waals surface area contributed by atoms with Crippen LogP contribution in [0.15, 0.2) is 9.85 Å². The highest BCUT2D eigenvalue weighted by molar-refractivity contribution is 9.11. The Morgan fingerprint density at radius 2 is 2.07 bits per heavy atom. The molecule has 0 amide bonds. The summed E-state index contributed by atoms with van der Waals surface area (Å²) in [5.41, 5.74) is 7.66. The summed E-state index contributed by atoms with van der Waals surface area (Å²) in [6.07, 6.45) is 6.76. The number of thiophene rings is 1. The van der Waals surface area contributed by atoms with E-state index in [1.54, 1.807) is 0 Å². The molecule has 84 valence electrons. The van der Waals surface area contributed by atoms with Crippen molar-refractivity contribution in [3.05, 3.63) is 20.3 Å². The highest BCUT2D eigenvalue weighted by Gasteiger charge is 2.23. The largest absolute Gasteiger partial charge is 0.323 e. The van der Waals surface area contributed by atoms with E-state index in [-0.39, 0.29) is 6.04 Å². The number of nitrogens with two attached hydrogens (primary N) is 1. The number of halogens is 1. The molecule has 0 spiro atoms. The first-order chi connectivity index (χ1) is 7.18. The van der Waals surface area contributed by atoms with Crippen molar-refractivity contribution in [1.29, 1.82) is 0 Å². The van der Waals surface area contributed by atoms with Gasteiger partial charge in [-0.05, 0) is 53.2 Å². The van der Waals surface area contributed by atoms with E-state index in [0.29, 0.717) is 5.92 Å². The Bertz CT molecular complexity index is 309. The molecule has 1 fully saturated rings. The normalized spacial score (nSPS) is 20.5. The van der Waals surface area contributed by atoms with Gasteiger partial charge < -0.3 is 5.73 Å². The summed E-state index contributed by atoms with van der Waals surface area (Å²) in [4.78, 5) is 1.35. The zero-order valence-corrected chi connectivity index (χ0v) is 11.5. The number of hydrogen-bond acceptors (Lipinski definition) is 2. The highest BCUT2D eigenvalue weighted by Crippen LogP contribution is 2.38. The minimum Gasteiger partial charge on any atom is -0.323 e. The molecule has 0 bridgehead atoms. The molecule has 2 N–H and O–H groups in total. The fourth-order valence-corrected chi connectivity index (χ4v) is 4.04. The first-order valence-electron chi connectivity index (χ1n) is 5.70. The van der Waals surface area contributed by atoms with E-state index < -0.39 is 0 Å². The molecule has 1 aromatic heterocycles. The van der Waals surface area contributed by atoms with E-state index in [1.165, 1.54) is 46.3 Å². The molecule has 1 aromatic rings. The molecule has 1 saturated carbocycles. The van der Waals surface area contributed by atoms with E-state index in [2.05, 4.69) is 28.9 Å². The predicted octanol–water partition coefficient (Wildman–Crippen LogP) is 4.40. The molecule has 0 radical (unpaired) electrons. The van der Waals surface area contributed by atoms with Crippen LogP contribution in [-0.2, 0) is 0 Å². The molecule has 3 heteroatoms. The summed E-state index contributed by atoms with van der Waals surface area (Å²) in [6.45, 7) is 2.14. The average molecular weight is 288 g/mol. The van der Waals surface area contributed by atoms with Gasteiger partial charge in [0.1, 0.15) is 0 Å². The van der Waals surface area contributed by atoms with Crippen molar-refractivity contribution >= 4 is 27.3 Å². The van der Waals surface area contributed by atoms with Gasteiger partial charge in [-0.2, -0.15) is 0 Å². The zero-order valence-electron chi connectivity index (χ0n) is 9.13. The Morgan fingerprint density at radius 1 is 1.40 bits per heavy atom. The molecule has 1 aliphatic carbocycles. The van der Waals surface area contributed by atoms with Crippen LogP contribution in [-0.4, -0.2) is 0 Å². The van der Waals surface area contributed by atoms with Gasteiger partial charge in [-0.15, -0.1) is 11.3 Å². The van der Waals surface area contributed by atoms with Crippen LogP contribution in [0.4, 0.5) is 0 Å². The Kier molecular flexibility index (Phi) is 3.86. The summed E-state index contributed by atoms with van der Waals surface area (Å²) in [7, 11) is 0. The average Bonchev–Trinajstić information content (AvgIpc) is 2.59. The molecule has 1 nitrogen and oxygen atoms in total. The van der Waals surface area contributed by atoms with Crippen LogP contribution < -0.4 is 5.73 Å². The number of hydrogen-bond donors (Lipinski definition) is 1. The lowest BCUT2D eigenvalue weighted by Gasteiger charge is -2.26. The maximum Gasteiger partial charge on any atom is 0.0731 e. The molecular weight excluding hydrogens is 270 g/mol. The van der Waals surface area contributed by atoms with E-state index >= 15 is 0 Å². The predicted molar refractivity (Wildman–Crippen MR) is 70.3 cm³/mol. The molecular formula is C12H18BrNS. The third-order valence-corrected chi connectivity index (χ3v) is 5.60. The van der Waals surface area contributed by atoms with Crippen LogP contribution in [0.25, 0.3) is 0 Å². The standard InChI is InChI=1S/C12H18BrNS/c1-8-7-10(15-12(8)13)11(14)9-5-3-2-4-6-9/h7,9,11H,2-6,14H2,1H3. The minimum absolute atomic E-state index is 0.264. The monoisotopic (exact) mass is 287 g/mol. The minimum atomic E-state index is 0.264. The quantitative estimate of drug-likeness (QED) is 0.857. The van der Waals surface area contributed by atoms with Gasteiger partial charge in [0.25, 0.3) is 0 Å². The maximum atomic E-state index is 6.34. The van der Waals surface area contributed by atoms with Crippen molar-refractivity contribution in [1.82, 2.24) is 0 Å². The van der Waals surface area contributed by atoms with Gasteiger partial charge in [-0.25, -0.2) is 0 Å². The number of aryl methyl sites for hydroxylation is 1. The molecule has 0 aliphatic heterocycles. The van der Waals surface area contributed by atoms with Crippen LogP contribution >= 0.6 is 27.3 Å². The van der Waals surface area contributed by atoms with Crippen molar-refractivity contribution in [2.75, 3.05) is 0 Å². The molecule has 0 aromatic carbocycles. The van der Waals surface area contributed by atoms with Gasteiger partial charge in [0.15, 0.2) is 0 Å². The van der Waals surface area contributed by atoms with Crippen molar-refractivity contribution in [3.8, 4) is 0 Å². The molecule has 1 unspecified atom stereocenters. The van der Waals surface area contributed by atoms with Crippen molar-refractivity contribution in [2.45, 2.75) is 45.1 Å². The Labute approximate surface area is 104 Å². The van der Waals surface area contributed by atoms with Crippen LogP contribution in [0.1, 0.15) is 48.6 Å². The first kappa shape index (κ1) is 11.6. The van der Waals surface area contributed by atoms with Crippen LogP contribution in [0.3, 0.4) is 0 Å². The molecule has 1 heterocycles. The molecule has 15 heavy (non-hydrogen) atoms. The van der Waals surface area contributed by atoms with Crippen LogP contribution in [0.2, 0.25) is 0 Å².